The van der Waals surface area contributed by atoms with Gasteiger partial charge in [-0.1, -0.05) is 23.8 Å². The van der Waals surface area contributed by atoms with Gasteiger partial charge in [0.1, 0.15) is 11.6 Å². The number of hydrogen-bond acceptors (Lipinski definition) is 2. The van der Waals surface area contributed by atoms with Crippen molar-refractivity contribution in [3.63, 3.8) is 0 Å². The number of carbonyl (C=O) groups is 1. The van der Waals surface area contributed by atoms with Crippen molar-refractivity contribution in [2.45, 2.75) is 19.9 Å². The summed E-state index contributed by atoms with van der Waals surface area (Å²) >= 11 is 0. The summed E-state index contributed by atoms with van der Waals surface area (Å²) in [6, 6.07) is 17.9. The molecule has 2 aromatic heterocycles. The Morgan fingerprint density at radius 2 is 1.85 bits per heavy atom. The summed E-state index contributed by atoms with van der Waals surface area (Å²) in [7, 11) is 0. The Hall–Kier alpha value is -3.34. The fraction of sp³-hybridized carbons (Fsp3) is 0.136. The molecular formula is C22H18FNO3. The van der Waals surface area contributed by atoms with Crippen LogP contribution in [0, 0.1) is 12.7 Å². The summed E-state index contributed by atoms with van der Waals surface area (Å²) in [5.41, 5.74) is 4.23. The molecule has 0 aliphatic carbocycles. The molecule has 2 heterocycles. The van der Waals surface area contributed by atoms with E-state index in [-0.39, 0.29) is 11.6 Å². The summed E-state index contributed by atoms with van der Waals surface area (Å²) in [5, 5.41) is 10.2. The van der Waals surface area contributed by atoms with E-state index in [2.05, 4.69) is 28.8 Å². The van der Waals surface area contributed by atoms with Crippen LogP contribution < -0.4 is 0 Å². The first-order valence-corrected chi connectivity index (χ1v) is 8.65. The van der Waals surface area contributed by atoms with Gasteiger partial charge in [-0.2, -0.15) is 0 Å². The predicted molar refractivity (Wildman–Crippen MR) is 101 cm³/mol. The van der Waals surface area contributed by atoms with E-state index < -0.39 is 5.97 Å². The van der Waals surface area contributed by atoms with Crippen molar-refractivity contribution >= 4 is 16.9 Å². The summed E-state index contributed by atoms with van der Waals surface area (Å²) in [6.45, 7) is 2.64. The van der Waals surface area contributed by atoms with Crippen LogP contribution >= 0.6 is 0 Å². The van der Waals surface area contributed by atoms with Crippen LogP contribution in [-0.4, -0.2) is 15.6 Å². The number of fused-ring (bicyclic) bond motifs is 1. The summed E-state index contributed by atoms with van der Waals surface area (Å²) < 4.78 is 20.8. The fourth-order valence-electron chi connectivity index (χ4n) is 3.32. The molecule has 2 aromatic carbocycles. The Bertz CT molecular complexity index is 1120. The van der Waals surface area contributed by atoms with Gasteiger partial charge in [-0.05, 0) is 55.0 Å². The molecule has 0 spiro atoms. The number of hydrogen-bond donors (Lipinski definition) is 1. The number of carboxylic acids is 1. The van der Waals surface area contributed by atoms with Crippen LogP contribution in [0.4, 0.5) is 4.39 Å². The molecule has 0 unspecified atom stereocenters. The topological polar surface area (TPSA) is 55.4 Å². The van der Waals surface area contributed by atoms with E-state index in [9.17, 15) is 9.18 Å². The van der Waals surface area contributed by atoms with Crippen molar-refractivity contribution in [3.8, 4) is 0 Å². The average Bonchev–Trinajstić information content (AvgIpc) is 3.22. The molecule has 0 radical (unpaired) electrons. The minimum Gasteiger partial charge on any atom is -0.475 e. The first kappa shape index (κ1) is 17.1. The van der Waals surface area contributed by atoms with Crippen molar-refractivity contribution in [1.29, 1.82) is 0 Å². The third kappa shape index (κ3) is 3.49. The largest absolute Gasteiger partial charge is 0.475 e. The molecule has 4 nitrogen and oxygen atoms in total. The lowest BCUT2D eigenvalue weighted by Crippen LogP contribution is -2.05. The van der Waals surface area contributed by atoms with Gasteiger partial charge < -0.3 is 14.1 Å². The van der Waals surface area contributed by atoms with Crippen LogP contribution in [0.25, 0.3) is 10.9 Å². The van der Waals surface area contributed by atoms with Crippen LogP contribution in [-0.2, 0) is 13.0 Å². The highest BCUT2D eigenvalue weighted by atomic mass is 19.1. The number of aromatic carboxylic acids is 1. The molecule has 0 bridgehead atoms. The second-order valence-corrected chi connectivity index (χ2v) is 6.66. The Balaban J connectivity index is 1.75. The summed E-state index contributed by atoms with van der Waals surface area (Å²) in [4.78, 5) is 11.1. The van der Waals surface area contributed by atoms with Gasteiger partial charge in [-0.3, -0.25) is 0 Å². The molecule has 0 saturated heterocycles. The summed E-state index contributed by atoms with van der Waals surface area (Å²) in [5.74, 6) is -0.818. The highest BCUT2D eigenvalue weighted by Gasteiger charge is 2.14. The highest BCUT2D eigenvalue weighted by Crippen LogP contribution is 2.25. The molecule has 0 aliphatic heterocycles. The maximum Gasteiger partial charge on any atom is 0.371 e. The Labute approximate surface area is 155 Å². The van der Waals surface area contributed by atoms with E-state index in [0.717, 1.165) is 22.2 Å². The number of aromatic nitrogens is 1. The number of benzene rings is 2. The predicted octanol–water partition coefficient (Wildman–Crippen LogP) is 5.02. The normalized spacial score (nSPS) is 11.2. The van der Waals surface area contributed by atoms with Crippen LogP contribution in [0.15, 0.2) is 65.1 Å². The lowest BCUT2D eigenvalue weighted by atomic mass is 10.2. The van der Waals surface area contributed by atoms with E-state index in [4.69, 9.17) is 9.52 Å². The number of nitrogens with zero attached hydrogens (tertiary/aromatic N) is 1. The maximum atomic E-state index is 13.2. The fourth-order valence-corrected chi connectivity index (χ4v) is 3.32. The van der Waals surface area contributed by atoms with E-state index in [1.54, 1.807) is 18.2 Å². The van der Waals surface area contributed by atoms with Crippen LogP contribution in [0.3, 0.4) is 0 Å². The van der Waals surface area contributed by atoms with E-state index in [1.165, 1.54) is 23.8 Å². The van der Waals surface area contributed by atoms with Crippen molar-refractivity contribution in [2.24, 2.45) is 0 Å². The molecule has 136 valence electrons. The van der Waals surface area contributed by atoms with E-state index >= 15 is 0 Å². The zero-order valence-electron chi connectivity index (χ0n) is 14.8. The third-order valence-corrected chi connectivity index (χ3v) is 4.62. The van der Waals surface area contributed by atoms with Gasteiger partial charge in [0.2, 0.25) is 5.76 Å². The van der Waals surface area contributed by atoms with Gasteiger partial charge in [0, 0.05) is 29.6 Å². The molecule has 5 heteroatoms. The Morgan fingerprint density at radius 1 is 1.07 bits per heavy atom. The third-order valence-electron chi connectivity index (χ3n) is 4.62. The van der Waals surface area contributed by atoms with Gasteiger partial charge in [-0.15, -0.1) is 0 Å². The molecule has 4 rings (SSSR count). The SMILES string of the molecule is Cc1ccc2c(c1)cc(Cc1ccc(C(=O)O)o1)n2Cc1ccc(F)cc1. The molecule has 0 fully saturated rings. The van der Waals surface area contributed by atoms with Crippen molar-refractivity contribution in [1.82, 2.24) is 4.57 Å². The van der Waals surface area contributed by atoms with Crippen molar-refractivity contribution in [2.75, 3.05) is 0 Å². The van der Waals surface area contributed by atoms with Gasteiger partial charge >= 0.3 is 5.97 Å². The Kier molecular flexibility index (Phi) is 4.28. The van der Waals surface area contributed by atoms with Gasteiger partial charge in [-0.25, -0.2) is 9.18 Å². The minimum absolute atomic E-state index is 0.0676. The molecule has 1 N–H and O–H groups in total. The van der Waals surface area contributed by atoms with Crippen LogP contribution in [0.2, 0.25) is 0 Å². The van der Waals surface area contributed by atoms with Crippen molar-refractivity contribution < 1.29 is 18.7 Å². The molecule has 0 atom stereocenters. The van der Waals surface area contributed by atoms with Gasteiger partial charge in [0.05, 0.1) is 0 Å². The molecule has 27 heavy (non-hydrogen) atoms. The molecule has 4 aromatic rings. The highest BCUT2D eigenvalue weighted by molar-refractivity contribution is 5.84. The van der Waals surface area contributed by atoms with Crippen LogP contribution in [0.5, 0.6) is 0 Å². The quantitative estimate of drug-likeness (QED) is 0.542. The first-order valence-electron chi connectivity index (χ1n) is 8.65. The smallest absolute Gasteiger partial charge is 0.371 e. The van der Waals surface area contributed by atoms with E-state index in [1.807, 2.05) is 6.92 Å². The second-order valence-electron chi connectivity index (χ2n) is 6.66. The molecule has 0 aliphatic rings. The zero-order chi connectivity index (χ0) is 19.0. The molecule has 0 saturated carbocycles. The van der Waals surface area contributed by atoms with Crippen LogP contribution in [0.1, 0.15) is 33.1 Å². The number of rotatable bonds is 5. The second kappa shape index (κ2) is 6.76. The summed E-state index contributed by atoms with van der Waals surface area (Å²) in [6.07, 6.45) is 0.474. The molecule has 0 amide bonds. The standard InChI is InChI=1S/C22H18FNO3/c1-14-2-8-20-16(10-14)11-18(12-19-7-9-21(27-19)22(25)26)24(20)13-15-3-5-17(23)6-4-15/h2-11H,12-13H2,1H3,(H,25,26). The van der Waals surface area contributed by atoms with Gasteiger partial charge in [0.25, 0.3) is 0 Å². The number of aryl methyl sites for hydroxylation is 1. The first-order chi connectivity index (χ1) is 13.0. The maximum absolute atomic E-state index is 13.2. The minimum atomic E-state index is -1.08. The number of furan rings is 1. The Morgan fingerprint density at radius 3 is 2.56 bits per heavy atom. The monoisotopic (exact) mass is 363 g/mol. The zero-order valence-corrected chi connectivity index (χ0v) is 14.8. The molecular weight excluding hydrogens is 345 g/mol. The van der Waals surface area contributed by atoms with Gasteiger partial charge in [0.15, 0.2) is 0 Å². The number of halogens is 1. The lowest BCUT2D eigenvalue weighted by Gasteiger charge is -2.11. The van der Waals surface area contributed by atoms with Crippen molar-refractivity contribution in [3.05, 3.63) is 94.8 Å². The average molecular weight is 363 g/mol. The lowest BCUT2D eigenvalue weighted by molar-refractivity contribution is 0.0660. The number of carboxylic acid groups (broad SMARTS) is 1. The van der Waals surface area contributed by atoms with E-state index in [0.29, 0.717) is 18.7 Å².